The van der Waals surface area contributed by atoms with Gasteiger partial charge in [0.2, 0.25) is 5.91 Å². The Kier molecular flexibility index (Phi) is 5.16. The SMILES string of the molecule is NCCNC(=O)[C@@H]1CCCN(S(=O)[O-])C1. The van der Waals surface area contributed by atoms with Crippen LogP contribution in [0.25, 0.3) is 0 Å². The van der Waals surface area contributed by atoms with Crippen LogP contribution in [-0.4, -0.2) is 45.2 Å². The molecule has 0 spiro atoms. The van der Waals surface area contributed by atoms with Crippen molar-refractivity contribution in [3.8, 4) is 0 Å². The van der Waals surface area contributed by atoms with Crippen molar-refractivity contribution in [3.63, 3.8) is 0 Å². The molecular weight excluding hydrogens is 218 g/mol. The Morgan fingerprint density at radius 3 is 3.00 bits per heavy atom. The van der Waals surface area contributed by atoms with E-state index in [4.69, 9.17) is 5.73 Å². The first-order valence-electron chi connectivity index (χ1n) is 4.97. The third-order valence-corrected chi connectivity index (χ3v) is 3.16. The van der Waals surface area contributed by atoms with E-state index in [1.54, 1.807) is 0 Å². The van der Waals surface area contributed by atoms with Gasteiger partial charge in [-0.15, -0.1) is 0 Å². The van der Waals surface area contributed by atoms with Gasteiger partial charge < -0.3 is 15.6 Å². The fourth-order valence-corrected chi connectivity index (χ4v) is 2.21. The zero-order chi connectivity index (χ0) is 11.3. The number of carbonyl (C=O) groups excluding carboxylic acids is 1. The van der Waals surface area contributed by atoms with Crippen LogP contribution in [0.2, 0.25) is 0 Å². The molecule has 0 aromatic heterocycles. The predicted octanol–water partition coefficient (Wildman–Crippen LogP) is -1.43. The number of hydrogen-bond acceptors (Lipinski definition) is 4. The third-order valence-electron chi connectivity index (χ3n) is 2.41. The maximum Gasteiger partial charge on any atom is 0.224 e. The Balaban J connectivity index is 2.41. The molecule has 0 aliphatic carbocycles. The summed E-state index contributed by atoms with van der Waals surface area (Å²) in [5.41, 5.74) is 5.26. The monoisotopic (exact) mass is 234 g/mol. The average molecular weight is 234 g/mol. The highest BCUT2D eigenvalue weighted by Gasteiger charge is 2.25. The molecule has 1 heterocycles. The van der Waals surface area contributed by atoms with Crippen molar-refractivity contribution in [2.75, 3.05) is 26.2 Å². The zero-order valence-electron chi connectivity index (χ0n) is 8.48. The Bertz CT molecular complexity index is 249. The van der Waals surface area contributed by atoms with Crippen LogP contribution in [0.4, 0.5) is 0 Å². The number of hydrogen-bond donors (Lipinski definition) is 2. The highest BCUT2D eigenvalue weighted by atomic mass is 32.2. The lowest BCUT2D eigenvalue weighted by atomic mass is 9.99. The van der Waals surface area contributed by atoms with Crippen molar-refractivity contribution in [2.45, 2.75) is 12.8 Å². The summed E-state index contributed by atoms with van der Waals surface area (Å²) in [6.07, 6.45) is 1.47. The molecule has 0 radical (unpaired) electrons. The van der Waals surface area contributed by atoms with E-state index in [1.807, 2.05) is 0 Å². The van der Waals surface area contributed by atoms with Gasteiger partial charge in [0.1, 0.15) is 0 Å². The summed E-state index contributed by atoms with van der Waals surface area (Å²) in [6.45, 7) is 1.63. The predicted molar refractivity (Wildman–Crippen MR) is 55.3 cm³/mol. The summed E-state index contributed by atoms with van der Waals surface area (Å²) in [6, 6.07) is 0. The molecule has 0 aromatic carbocycles. The highest BCUT2D eigenvalue weighted by Crippen LogP contribution is 2.17. The minimum Gasteiger partial charge on any atom is -0.760 e. The fourth-order valence-electron chi connectivity index (χ4n) is 1.63. The third kappa shape index (κ3) is 3.86. The molecule has 0 aromatic rings. The van der Waals surface area contributed by atoms with Crippen molar-refractivity contribution >= 4 is 17.2 Å². The van der Waals surface area contributed by atoms with E-state index in [0.29, 0.717) is 19.6 Å². The molecule has 88 valence electrons. The van der Waals surface area contributed by atoms with Gasteiger partial charge in [-0.05, 0) is 12.8 Å². The first-order valence-corrected chi connectivity index (χ1v) is 6.00. The van der Waals surface area contributed by atoms with Crippen LogP contribution in [0.3, 0.4) is 0 Å². The molecule has 1 unspecified atom stereocenters. The molecular formula is C8H16N3O3S-. The average Bonchev–Trinajstić information content (AvgIpc) is 2.26. The summed E-state index contributed by atoms with van der Waals surface area (Å²) in [5, 5.41) is 2.67. The van der Waals surface area contributed by atoms with Gasteiger partial charge in [0.05, 0.1) is 5.92 Å². The van der Waals surface area contributed by atoms with E-state index in [0.717, 1.165) is 12.8 Å². The number of amides is 1. The molecule has 1 aliphatic rings. The van der Waals surface area contributed by atoms with Gasteiger partial charge in [0, 0.05) is 37.4 Å². The molecule has 15 heavy (non-hydrogen) atoms. The van der Waals surface area contributed by atoms with Crippen LogP contribution in [0.15, 0.2) is 0 Å². The topological polar surface area (TPSA) is 98.5 Å². The number of carbonyl (C=O) groups is 1. The molecule has 1 amide bonds. The molecule has 1 aliphatic heterocycles. The van der Waals surface area contributed by atoms with Gasteiger partial charge in [-0.1, -0.05) is 0 Å². The molecule has 1 rings (SSSR count). The second-order valence-electron chi connectivity index (χ2n) is 3.52. The summed E-state index contributed by atoms with van der Waals surface area (Å²) >= 11 is -2.22. The Hall–Kier alpha value is -0.500. The van der Waals surface area contributed by atoms with Gasteiger partial charge >= 0.3 is 0 Å². The standard InChI is InChI=1S/C8H17N3O3S/c9-3-4-10-8(12)7-2-1-5-11(6-7)15(13)14/h7H,1-6,9H2,(H,10,12)(H,13,14)/p-1/t7-/m1/s1. The molecule has 3 N–H and O–H groups in total. The molecule has 0 saturated carbocycles. The van der Waals surface area contributed by atoms with E-state index < -0.39 is 11.3 Å². The largest absolute Gasteiger partial charge is 0.760 e. The van der Waals surface area contributed by atoms with Gasteiger partial charge in [0.15, 0.2) is 0 Å². The van der Waals surface area contributed by atoms with Gasteiger partial charge in [-0.25, -0.2) is 4.31 Å². The van der Waals surface area contributed by atoms with Crippen molar-refractivity contribution in [3.05, 3.63) is 0 Å². The highest BCUT2D eigenvalue weighted by molar-refractivity contribution is 7.76. The summed E-state index contributed by atoms with van der Waals surface area (Å²) in [7, 11) is 0. The van der Waals surface area contributed by atoms with Gasteiger partial charge in [-0.3, -0.25) is 9.00 Å². The van der Waals surface area contributed by atoms with Gasteiger partial charge in [-0.2, -0.15) is 0 Å². The minimum absolute atomic E-state index is 0.101. The Labute approximate surface area is 91.6 Å². The molecule has 0 bridgehead atoms. The van der Waals surface area contributed by atoms with Crippen molar-refractivity contribution in [1.29, 1.82) is 0 Å². The van der Waals surface area contributed by atoms with Crippen LogP contribution >= 0.6 is 0 Å². The zero-order valence-corrected chi connectivity index (χ0v) is 9.29. The fraction of sp³-hybridized carbons (Fsp3) is 0.875. The summed E-state index contributed by atoms with van der Waals surface area (Å²) < 4.78 is 22.7. The van der Waals surface area contributed by atoms with Crippen LogP contribution in [0.5, 0.6) is 0 Å². The maximum absolute atomic E-state index is 11.5. The lowest BCUT2D eigenvalue weighted by Gasteiger charge is -2.32. The van der Waals surface area contributed by atoms with E-state index in [9.17, 15) is 13.6 Å². The molecule has 6 nitrogen and oxygen atoms in total. The second kappa shape index (κ2) is 6.16. The van der Waals surface area contributed by atoms with E-state index in [1.165, 1.54) is 4.31 Å². The summed E-state index contributed by atoms with van der Waals surface area (Å²) in [4.78, 5) is 11.5. The van der Waals surface area contributed by atoms with Crippen LogP contribution in [0, 0.1) is 5.92 Å². The van der Waals surface area contributed by atoms with Crippen LogP contribution in [0.1, 0.15) is 12.8 Å². The first kappa shape index (κ1) is 12.6. The number of rotatable bonds is 4. The number of nitrogens with two attached hydrogens (primary N) is 1. The minimum atomic E-state index is -2.22. The van der Waals surface area contributed by atoms with Gasteiger partial charge in [0.25, 0.3) is 0 Å². The van der Waals surface area contributed by atoms with E-state index in [2.05, 4.69) is 5.32 Å². The molecule has 7 heteroatoms. The van der Waals surface area contributed by atoms with Crippen LogP contribution in [-0.2, 0) is 16.1 Å². The molecule has 2 atom stereocenters. The Morgan fingerprint density at radius 1 is 1.67 bits per heavy atom. The lowest BCUT2D eigenvalue weighted by molar-refractivity contribution is -0.126. The van der Waals surface area contributed by atoms with Crippen molar-refractivity contribution in [2.24, 2.45) is 11.7 Å². The number of nitrogens with one attached hydrogen (secondary N) is 1. The lowest BCUT2D eigenvalue weighted by Crippen LogP contribution is -2.44. The normalized spacial score (nSPS) is 24.8. The smallest absolute Gasteiger partial charge is 0.224 e. The molecule has 1 fully saturated rings. The van der Waals surface area contributed by atoms with Crippen LogP contribution < -0.4 is 11.1 Å². The number of piperidine rings is 1. The first-order chi connectivity index (χ1) is 7.15. The van der Waals surface area contributed by atoms with Crippen molar-refractivity contribution < 1.29 is 13.6 Å². The molecule has 1 saturated heterocycles. The van der Waals surface area contributed by atoms with E-state index in [-0.39, 0.29) is 18.4 Å². The Morgan fingerprint density at radius 2 is 2.40 bits per heavy atom. The summed E-state index contributed by atoms with van der Waals surface area (Å²) in [5.74, 6) is -0.334. The van der Waals surface area contributed by atoms with E-state index >= 15 is 0 Å². The maximum atomic E-state index is 11.5. The van der Waals surface area contributed by atoms with Crippen molar-refractivity contribution in [1.82, 2.24) is 9.62 Å². The number of nitrogens with zero attached hydrogens (tertiary/aromatic N) is 1. The quantitative estimate of drug-likeness (QED) is 0.582. The second-order valence-corrected chi connectivity index (χ2v) is 4.47.